The minimum Gasteiger partial charge on any atom is -0.508 e. The van der Waals surface area contributed by atoms with Crippen LogP contribution in [0.5, 0.6) is 5.75 Å². The second-order valence-corrected chi connectivity index (χ2v) is 4.69. The van der Waals surface area contributed by atoms with Crippen LogP contribution in [-0.4, -0.2) is 16.3 Å². The largest absolute Gasteiger partial charge is 0.508 e. The molecule has 0 aliphatic carbocycles. The molecular weight excluding hydrogens is 238 g/mol. The SMILES string of the molecule is C[C@H](NCc1ccccc1)[C@@H](O)c1cccc(O)c1. The molecule has 0 aliphatic rings. The van der Waals surface area contributed by atoms with Crippen molar-refractivity contribution >= 4 is 0 Å². The van der Waals surface area contributed by atoms with Crippen LogP contribution in [0.4, 0.5) is 0 Å². The lowest BCUT2D eigenvalue weighted by molar-refractivity contribution is 0.135. The van der Waals surface area contributed by atoms with E-state index >= 15 is 0 Å². The van der Waals surface area contributed by atoms with Crippen molar-refractivity contribution in [1.29, 1.82) is 0 Å². The number of phenols is 1. The highest BCUT2D eigenvalue weighted by atomic mass is 16.3. The van der Waals surface area contributed by atoms with Gasteiger partial charge < -0.3 is 15.5 Å². The summed E-state index contributed by atoms with van der Waals surface area (Å²) in [6.07, 6.45) is -0.643. The number of hydrogen-bond acceptors (Lipinski definition) is 3. The number of hydrogen-bond donors (Lipinski definition) is 3. The van der Waals surface area contributed by atoms with Crippen molar-refractivity contribution in [1.82, 2.24) is 5.32 Å². The Morgan fingerprint density at radius 3 is 2.47 bits per heavy atom. The van der Waals surface area contributed by atoms with Gasteiger partial charge in [0.1, 0.15) is 5.75 Å². The van der Waals surface area contributed by atoms with Gasteiger partial charge in [-0.05, 0) is 30.2 Å². The molecule has 0 spiro atoms. The zero-order valence-corrected chi connectivity index (χ0v) is 11.0. The Balaban J connectivity index is 1.94. The van der Waals surface area contributed by atoms with Crippen LogP contribution < -0.4 is 5.32 Å². The number of phenolic OH excluding ortho intramolecular Hbond substituents is 1. The van der Waals surface area contributed by atoms with Crippen LogP contribution in [0.3, 0.4) is 0 Å². The van der Waals surface area contributed by atoms with E-state index in [2.05, 4.69) is 5.32 Å². The maximum Gasteiger partial charge on any atom is 0.115 e. The summed E-state index contributed by atoms with van der Waals surface area (Å²) in [5, 5.41) is 22.9. The first-order valence-electron chi connectivity index (χ1n) is 6.41. The van der Waals surface area contributed by atoms with E-state index in [0.29, 0.717) is 12.1 Å². The molecule has 2 aromatic rings. The van der Waals surface area contributed by atoms with E-state index in [1.807, 2.05) is 43.3 Å². The number of aromatic hydroxyl groups is 1. The van der Waals surface area contributed by atoms with Crippen LogP contribution in [0.15, 0.2) is 54.6 Å². The molecule has 3 heteroatoms. The molecule has 3 nitrogen and oxygen atoms in total. The molecule has 2 atom stereocenters. The lowest BCUT2D eigenvalue weighted by atomic mass is 10.0. The molecule has 0 aliphatic heterocycles. The van der Waals surface area contributed by atoms with Crippen molar-refractivity contribution in [3.8, 4) is 5.75 Å². The van der Waals surface area contributed by atoms with Gasteiger partial charge in [0, 0.05) is 12.6 Å². The van der Waals surface area contributed by atoms with Crippen molar-refractivity contribution < 1.29 is 10.2 Å². The number of aliphatic hydroxyl groups excluding tert-OH is 1. The predicted octanol–water partition coefficient (Wildman–Crippen LogP) is 2.60. The number of aliphatic hydroxyl groups is 1. The van der Waals surface area contributed by atoms with E-state index in [-0.39, 0.29) is 11.8 Å². The van der Waals surface area contributed by atoms with Gasteiger partial charge >= 0.3 is 0 Å². The number of nitrogens with one attached hydrogen (secondary N) is 1. The second-order valence-electron chi connectivity index (χ2n) is 4.69. The van der Waals surface area contributed by atoms with Gasteiger partial charge in [0.15, 0.2) is 0 Å². The van der Waals surface area contributed by atoms with Crippen LogP contribution in [0, 0.1) is 0 Å². The highest BCUT2D eigenvalue weighted by Gasteiger charge is 2.16. The standard InChI is InChI=1S/C16H19NO2/c1-12(17-11-13-6-3-2-4-7-13)16(19)14-8-5-9-15(18)10-14/h2-10,12,16-19H,11H2,1H3/t12-,16+/m0/s1. The van der Waals surface area contributed by atoms with Gasteiger partial charge in [-0.2, -0.15) is 0 Å². The van der Waals surface area contributed by atoms with Crippen molar-refractivity contribution in [2.45, 2.75) is 25.6 Å². The summed E-state index contributed by atoms with van der Waals surface area (Å²) in [7, 11) is 0. The van der Waals surface area contributed by atoms with E-state index < -0.39 is 6.10 Å². The molecule has 0 saturated carbocycles. The molecule has 0 fully saturated rings. The number of benzene rings is 2. The third kappa shape index (κ3) is 3.81. The molecule has 100 valence electrons. The summed E-state index contributed by atoms with van der Waals surface area (Å²) in [5.41, 5.74) is 1.89. The summed E-state index contributed by atoms with van der Waals surface area (Å²) >= 11 is 0. The fraction of sp³-hybridized carbons (Fsp3) is 0.250. The molecule has 0 saturated heterocycles. The summed E-state index contributed by atoms with van der Waals surface area (Å²) in [5.74, 6) is 0.173. The van der Waals surface area contributed by atoms with Crippen molar-refractivity contribution in [3.05, 3.63) is 65.7 Å². The van der Waals surface area contributed by atoms with Crippen LogP contribution in [0.1, 0.15) is 24.2 Å². The molecule has 0 amide bonds. The van der Waals surface area contributed by atoms with Gasteiger partial charge in [-0.3, -0.25) is 0 Å². The Kier molecular flexibility index (Phi) is 4.55. The first-order chi connectivity index (χ1) is 9.16. The molecule has 2 aromatic carbocycles. The van der Waals surface area contributed by atoms with E-state index in [0.717, 1.165) is 0 Å². The minimum absolute atomic E-state index is 0.0954. The second kappa shape index (κ2) is 6.36. The third-order valence-corrected chi connectivity index (χ3v) is 3.16. The average molecular weight is 257 g/mol. The fourth-order valence-corrected chi connectivity index (χ4v) is 1.98. The maximum absolute atomic E-state index is 10.2. The molecule has 2 rings (SSSR count). The van der Waals surface area contributed by atoms with E-state index in [9.17, 15) is 10.2 Å². The molecule has 0 heterocycles. The molecule has 0 bridgehead atoms. The molecular formula is C16H19NO2. The topological polar surface area (TPSA) is 52.5 Å². The molecule has 0 unspecified atom stereocenters. The van der Waals surface area contributed by atoms with Gasteiger partial charge in [0.25, 0.3) is 0 Å². The van der Waals surface area contributed by atoms with E-state index in [1.54, 1.807) is 18.2 Å². The quantitative estimate of drug-likeness (QED) is 0.771. The lowest BCUT2D eigenvalue weighted by Crippen LogP contribution is -2.31. The summed E-state index contributed by atoms with van der Waals surface area (Å²) in [6.45, 7) is 2.63. The lowest BCUT2D eigenvalue weighted by Gasteiger charge is -2.21. The Labute approximate surface area is 113 Å². The van der Waals surface area contributed by atoms with Crippen LogP contribution in [-0.2, 0) is 6.54 Å². The highest BCUT2D eigenvalue weighted by molar-refractivity contribution is 5.29. The Hall–Kier alpha value is -1.84. The van der Waals surface area contributed by atoms with Crippen LogP contribution in [0.25, 0.3) is 0 Å². The Morgan fingerprint density at radius 2 is 1.79 bits per heavy atom. The van der Waals surface area contributed by atoms with E-state index in [1.165, 1.54) is 5.56 Å². The normalized spacial score (nSPS) is 14.0. The fourth-order valence-electron chi connectivity index (χ4n) is 1.98. The van der Waals surface area contributed by atoms with Gasteiger partial charge in [0.05, 0.1) is 6.10 Å². The zero-order valence-electron chi connectivity index (χ0n) is 11.0. The molecule has 0 radical (unpaired) electrons. The average Bonchev–Trinajstić information content (AvgIpc) is 2.45. The maximum atomic E-state index is 10.2. The van der Waals surface area contributed by atoms with Gasteiger partial charge in [-0.15, -0.1) is 0 Å². The van der Waals surface area contributed by atoms with Crippen molar-refractivity contribution in [2.75, 3.05) is 0 Å². The van der Waals surface area contributed by atoms with Gasteiger partial charge in [-0.1, -0.05) is 42.5 Å². The van der Waals surface area contributed by atoms with Gasteiger partial charge in [-0.25, -0.2) is 0 Å². The highest BCUT2D eigenvalue weighted by Crippen LogP contribution is 2.20. The predicted molar refractivity (Wildman–Crippen MR) is 75.8 cm³/mol. The summed E-state index contributed by atoms with van der Waals surface area (Å²) in [4.78, 5) is 0. The first-order valence-corrected chi connectivity index (χ1v) is 6.41. The first kappa shape index (κ1) is 13.6. The van der Waals surface area contributed by atoms with E-state index in [4.69, 9.17) is 0 Å². The summed E-state index contributed by atoms with van der Waals surface area (Å²) < 4.78 is 0. The molecule has 0 aromatic heterocycles. The zero-order chi connectivity index (χ0) is 13.7. The smallest absolute Gasteiger partial charge is 0.115 e. The third-order valence-electron chi connectivity index (χ3n) is 3.16. The van der Waals surface area contributed by atoms with Gasteiger partial charge in [0.2, 0.25) is 0 Å². The summed E-state index contributed by atoms with van der Waals surface area (Å²) in [6, 6.07) is 16.7. The van der Waals surface area contributed by atoms with Crippen molar-refractivity contribution in [3.63, 3.8) is 0 Å². The monoisotopic (exact) mass is 257 g/mol. The minimum atomic E-state index is -0.643. The number of rotatable bonds is 5. The van der Waals surface area contributed by atoms with Crippen LogP contribution >= 0.6 is 0 Å². The molecule has 19 heavy (non-hydrogen) atoms. The van der Waals surface area contributed by atoms with Crippen molar-refractivity contribution in [2.24, 2.45) is 0 Å². The Bertz CT molecular complexity index is 513. The van der Waals surface area contributed by atoms with Crippen LogP contribution in [0.2, 0.25) is 0 Å². The molecule has 3 N–H and O–H groups in total. The Morgan fingerprint density at radius 1 is 1.05 bits per heavy atom.